The van der Waals surface area contributed by atoms with Crippen LogP contribution >= 0.6 is 0 Å². The van der Waals surface area contributed by atoms with E-state index in [1.165, 1.54) is 19.3 Å². The van der Waals surface area contributed by atoms with Crippen LogP contribution in [-0.4, -0.2) is 13.1 Å². The fourth-order valence-electron chi connectivity index (χ4n) is 1.67. The van der Waals surface area contributed by atoms with E-state index in [0.29, 0.717) is 11.5 Å². The van der Waals surface area contributed by atoms with Crippen LogP contribution in [0.15, 0.2) is 0 Å². The predicted octanol–water partition coefficient (Wildman–Crippen LogP) is 3.45. The highest BCUT2D eigenvalue weighted by Gasteiger charge is 2.25. The second-order valence-corrected chi connectivity index (χ2v) is 5.15. The fraction of sp³-hybridized carbons (Fsp3) is 1.00. The molecule has 0 aromatic heterocycles. The molecule has 0 aliphatic heterocycles. The molecule has 0 aromatic carbocycles. The van der Waals surface area contributed by atoms with E-state index in [2.05, 4.69) is 47.0 Å². The lowest BCUT2D eigenvalue weighted by Crippen LogP contribution is -2.39. The third-order valence-electron chi connectivity index (χ3n) is 3.24. The van der Waals surface area contributed by atoms with Gasteiger partial charge in [-0.2, -0.15) is 0 Å². The Morgan fingerprint density at radius 1 is 1.15 bits per heavy atom. The Morgan fingerprint density at radius 2 is 1.69 bits per heavy atom. The second-order valence-electron chi connectivity index (χ2n) is 5.15. The van der Waals surface area contributed by atoms with E-state index in [1.54, 1.807) is 0 Å². The van der Waals surface area contributed by atoms with Crippen LogP contribution in [0.3, 0.4) is 0 Å². The molecule has 1 nitrogen and oxygen atoms in total. The Balaban J connectivity index is 4.02. The first-order chi connectivity index (χ1) is 5.94. The van der Waals surface area contributed by atoms with Crippen molar-refractivity contribution < 1.29 is 0 Å². The standard InChI is InChI=1S/C12H27N/c1-7-12(4,5)11(13-6)9-8-10(2)3/h10-11,13H,7-9H2,1-6H3. The molecule has 0 fully saturated rings. The van der Waals surface area contributed by atoms with Gasteiger partial charge in [-0.05, 0) is 37.6 Å². The van der Waals surface area contributed by atoms with Gasteiger partial charge in [0.1, 0.15) is 0 Å². The molecule has 1 unspecified atom stereocenters. The summed E-state index contributed by atoms with van der Waals surface area (Å²) in [5.41, 5.74) is 0.434. The summed E-state index contributed by atoms with van der Waals surface area (Å²) in [7, 11) is 2.09. The van der Waals surface area contributed by atoms with Crippen molar-refractivity contribution in [3.05, 3.63) is 0 Å². The maximum atomic E-state index is 3.45. The van der Waals surface area contributed by atoms with Crippen molar-refractivity contribution in [3.8, 4) is 0 Å². The van der Waals surface area contributed by atoms with Gasteiger partial charge < -0.3 is 5.32 Å². The number of rotatable bonds is 6. The van der Waals surface area contributed by atoms with Crippen molar-refractivity contribution in [2.75, 3.05) is 7.05 Å². The van der Waals surface area contributed by atoms with Gasteiger partial charge in [-0.1, -0.05) is 34.6 Å². The molecule has 1 heteroatoms. The first-order valence-electron chi connectivity index (χ1n) is 5.61. The van der Waals surface area contributed by atoms with Crippen LogP contribution < -0.4 is 5.32 Å². The Kier molecular flexibility index (Phi) is 5.62. The molecule has 80 valence electrons. The normalized spacial score (nSPS) is 15.0. The molecule has 1 N–H and O–H groups in total. The van der Waals surface area contributed by atoms with Crippen molar-refractivity contribution >= 4 is 0 Å². The zero-order valence-electron chi connectivity index (χ0n) is 10.3. The Morgan fingerprint density at radius 3 is 2.00 bits per heavy atom. The van der Waals surface area contributed by atoms with Gasteiger partial charge >= 0.3 is 0 Å². The summed E-state index contributed by atoms with van der Waals surface area (Å²) in [6.07, 6.45) is 3.88. The number of nitrogens with one attached hydrogen (secondary N) is 1. The smallest absolute Gasteiger partial charge is 0.0115 e. The molecule has 0 aliphatic rings. The minimum atomic E-state index is 0.434. The van der Waals surface area contributed by atoms with Gasteiger partial charge in [-0.25, -0.2) is 0 Å². The van der Waals surface area contributed by atoms with Gasteiger partial charge in [-0.15, -0.1) is 0 Å². The number of hydrogen-bond acceptors (Lipinski definition) is 1. The van der Waals surface area contributed by atoms with E-state index in [1.807, 2.05) is 0 Å². The van der Waals surface area contributed by atoms with Crippen molar-refractivity contribution in [1.82, 2.24) is 5.32 Å². The maximum absolute atomic E-state index is 3.45. The second kappa shape index (κ2) is 5.64. The van der Waals surface area contributed by atoms with Crippen molar-refractivity contribution in [3.63, 3.8) is 0 Å². The lowest BCUT2D eigenvalue weighted by atomic mass is 9.79. The molecule has 0 bridgehead atoms. The van der Waals surface area contributed by atoms with Crippen LogP contribution in [0.25, 0.3) is 0 Å². The summed E-state index contributed by atoms with van der Waals surface area (Å²) in [5, 5.41) is 3.45. The lowest BCUT2D eigenvalue weighted by molar-refractivity contribution is 0.221. The van der Waals surface area contributed by atoms with E-state index in [0.717, 1.165) is 5.92 Å². The van der Waals surface area contributed by atoms with Crippen molar-refractivity contribution in [2.24, 2.45) is 11.3 Å². The zero-order valence-corrected chi connectivity index (χ0v) is 10.3. The average molecular weight is 185 g/mol. The van der Waals surface area contributed by atoms with Crippen LogP contribution in [0.2, 0.25) is 0 Å². The highest BCUT2D eigenvalue weighted by atomic mass is 14.9. The summed E-state index contributed by atoms with van der Waals surface area (Å²) >= 11 is 0. The summed E-state index contributed by atoms with van der Waals surface area (Å²) in [6, 6.07) is 0.667. The van der Waals surface area contributed by atoms with Gasteiger partial charge in [0.05, 0.1) is 0 Å². The average Bonchev–Trinajstić information content (AvgIpc) is 2.04. The molecule has 0 spiro atoms. The van der Waals surface area contributed by atoms with Crippen LogP contribution in [0.4, 0.5) is 0 Å². The van der Waals surface area contributed by atoms with Gasteiger partial charge in [-0.3, -0.25) is 0 Å². The molecule has 0 aliphatic carbocycles. The van der Waals surface area contributed by atoms with E-state index in [4.69, 9.17) is 0 Å². The lowest BCUT2D eigenvalue weighted by Gasteiger charge is -2.33. The van der Waals surface area contributed by atoms with Gasteiger partial charge in [0, 0.05) is 6.04 Å². The molecule has 0 amide bonds. The van der Waals surface area contributed by atoms with Crippen LogP contribution in [-0.2, 0) is 0 Å². The first-order valence-corrected chi connectivity index (χ1v) is 5.61. The monoisotopic (exact) mass is 185 g/mol. The Labute approximate surface area is 84.3 Å². The topological polar surface area (TPSA) is 12.0 Å². The van der Waals surface area contributed by atoms with Crippen LogP contribution in [0, 0.1) is 11.3 Å². The molecule has 0 aromatic rings. The SMILES string of the molecule is CCC(C)(C)C(CCC(C)C)NC. The molecule has 1 atom stereocenters. The van der Waals surface area contributed by atoms with E-state index < -0.39 is 0 Å². The summed E-state index contributed by atoms with van der Waals surface area (Å²) in [5.74, 6) is 0.823. The fourth-order valence-corrected chi connectivity index (χ4v) is 1.67. The molecular weight excluding hydrogens is 158 g/mol. The third-order valence-corrected chi connectivity index (χ3v) is 3.24. The Hall–Kier alpha value is -0.0400. The van der Waals surface area contributed by atoms with E-state index in [-0.39, 0.29) is 0 Å². The van der Waals surface area contributed by atoms with E-state index in [9.17, 15) is 0 Å². The van der Waals surface area contributed by atoms with Crippen LogP contribution in [0.1, 0.15) is 53.9 Å². The maximum Gasteiger partial charge on any atom is 0.0115 e. The van der Waals surface area contributed by atoms with Crippen molar-refractivity contribution in [1.29, 1.82) is 0 Å². The van der Waals surface area contributed by atoms with Crippen LogP contribution in [0.5, 0.6) is 0 Å². The molecule has 0 rings (SSSR count). The first kappa shape index (κ1) is 13.0. The minimum Gasteiger partial charge on any atom is -0.316 e. The zero-order chi connectivity index (χ0) is 10.5. The number of hydrogen-bond donors (Lipinski definition) is 1. The van der Waals surface area contributed by atoms with Gasteiger partial charge in [0.2, 0.25) is 0 Å². The third kappa shape index (κ3) is 4.66. The highest BCUT2D eigenvalue weighted by molar-refractivity contribution is 4.82. The molecule has 0 heterocycles. The molecule has 0 radical (unpaired) electrons. The summed E-state index contributed by atoms with van der Waals surface area (Å²) < 4.78 is 0. The van der Waals surface area contributed by atoms with Crippen molar-refractivity contribution in [2.45, 2.75) is 59.9 Å². The molecular formula is C12H27N. The largest absolute Gasteiger partial charge is 0.316 e. The predicted molar refractivity (Wildman–Crippen MR) is 61.0 cm³/mol. The minimum absolute atomic E-state index is 0.434. The quantitative estimate of drug-likeness (QED) is 0.668. The van der Waals surface area contributed by atoms with Gasteiger partial charge in [0.15, 0.2) is 0 Å². The molecule has 13 heavy (non-hydrogen) atoms. The van der Waals surface area contributed by atoms with E-state index >= 15 is 0 Å². The molecule has 0 saturated heterocycles. The highest BCUT2D eigenvalue weighted by Crippen LogP contribution is 2.28. The Bertz CT molecular complexity index is 127. The summed E-state index contributed by atoms with van der Waals surface area (Å²) in [4.78, 5) is 0. The molecule has 0 saturated carbocycles. The summed E-state index contributed by atoms with van der Waals surface area (Å²) in [6.45, 7) is 11.6. The van der Waals surface area contributed by atoms with Gasteiger partial charge in [0.25, 0.3) is 0 Å².